The van der Waals surface area contributed by atoms with Crippen LogP contribution < -0.4 is 10.2 Å². The summed E-state index contributed by atoms with van der Waals surface area (Å²) in [6, 6.07) is 0. The van der Waals surface area contributed by atoms with Gasteiger partial charge >= 0.3 is 0 Å². The molecule has 4 rings (SSSR count). The van der Waals surface area contributed by atoms with Crippen LogP contribution in [0.2, 0.25) is 0 Å². The van der Waals surface area contributed by atoms with E-state index < -0.39 is 0 Å². The molecule has 0 saturated carbocycles. The van der Waals surface area contributed by atoms with Crippen LogP contribution in [0.15, 0.2) is 24.1 Å². The van der Waals surface area contributed by atoms with Crippen molar-refractivity contribution in [3.63, 3.8) is 0 Å². The van der Waals surface area contributed by atoms with E-state index in [0.717, 1.165) is 48.3 Å². The van der Waals surface area contributed by atoms with E-state index in [9.17, 15) is 0 Å². The van der Waals surface area contributed by atoms with Gasteiger partial charge < -0.3 is 10.2 Å². The lowest BCUT2D eigenvalue weighted by Gasteiger charge is -2.33. The zero-order chi connectivity index (χ0) is 16.4. The summed E-state index contributed by atoms with van der Waals surface area (Å²) in [6.45, 7) is 5.93. The summed E-state index contributed by atoms with van der Waals surface area (Å²) in [4.78, 5) is 11.4. The van der Waals surface area contributed by atoms with Gasteiger partial charge in [-0.15, -0.1) is 21.5 Å². The topological polar surface area (TPSA) is 71.2 Å². The number of hydrogen-bond acceptors (Lipinski definition) is 7. The van der Waals surface area contributed by atoms with Gasteiger partial charge in [0.2, 0.25) is 5.65 Å². The first-order valence-electron chi connectivity index (χ1n) is 8.30. The Kier molecular flexibility index (Phi) is 4.40. The summed E-state index contributed by atoms with van der Waals surface area (Å²) in [7, 11) is 0. The molecule has 8 heteroatoms. The van der Waals surface area contributed by atoms with Gasteiger partial charge in [0, 0.05) is 44.0 Å². The maximum atomic E-state index is 4.54. The largest absolute Gasteiger partial charge is 0.353 e. The normalized spacial score (nSPS) is 18.4. The van der Waals surface area contributed by atoms with Crippen molar-refractivity contribution < 1.29 is 0 Å². The van der Waals surface area contributed by atoms with Crippen molar-refractivity contribution in [2.45, 2.75) is 26.3 Å². The Balaban J connectivity index is 1.38. The number of fused-ring (bicyclic) bond motifs is 1. The highest BCUT2D eigenvalue weighted by atomic mass is 32.1. The molecule has 7 nitrogen and oxygen atoms in total. The van der Waals surface area contributed by atoms with Gasteiger partial charge in [-0.2, -0.15) is 0 Å². The van der Waals surface area contributed by atoms with Gasteiger partial charge in [-0.25, -0.2) is 9.97 Å². The third kappa shape index (κ3) is 3.25. The van der Waals surface area contributed by atoms with Crippen LogP contribution >= 0.6 is 11.3 Å². The minimum Gasteiger partial charge on any atom is -0.353 e. The van der Waals surface area contributed by atoms with Gasteiger partial charge in [0.25, 0.3) is 0 Å². The molecule has 1 saturated heterocycles. The predicted octanol–water partition coefficient (Wildman–Crippen LogP) is 1.90. The maximum absolute atomic E-state index is 4.54. The molecule has 0 aliphatic carbocycles. The van der Waals surface area contributed by atoms with Crippen molar-refractivity contribution in [2.24, 2.45) is 5.92 Å². The summed E-state index contributed by atoms with van der Waals surface area (Å²) in [5.41, 5.74) is 1.98. The second kappa shape index (κ2) is 6.82. The third-order valence-corrected chi connectivity index (χ3v) is 5.24. The van der Waals surface area contributed by atoms with Gasteiger partial charge in [0.1, 0.15) is 6.33 Å². The summed E-state index contributed by atoms with van der Waals surface area (Å²) < 4.78 is 1.93. The lowest BCUT2D eigenvalue weighted by atomic mass is 9.98. The van der Waals surface area contributed by atoms with Gasteiger partial charge in [-0.05, 0) is 25.7 Å². The van der Waals surface area contributed by atoms with Crippen molar-refractivity contribution >= 4 is 22.8 Å². The van der Waals surface area contributed by atoms with Crippen LogP contribution in [-0.2, 0) is 6.54 Å². The standard InChI is InChI=1S/C16H21N7S/c1-12-20-14(10-24-12)8-17-7-13-3-2-5-22(9-13)15-16-21-19-11-23(16)6-4-18-15/h4,6,10-11,13,17H,2-3,5,7-9H2,1H3/t13-/m0/s1. The first-order valence-corrected chi connectivity index (χ1v) is 9.18. The monoisotopic (exact) mass is 343 g/mol. The van der Waals surface area contributed by atoms with E-state index in [1.54, 1.807) is 17.7 Å². The van der Waals surface area contributed by atoms with E-state index in [-0.39, 0.29) is 0 Å². The van der Waals surface area contributed by atoms with Crippen LogP contribution in [-0.4, -0.2) is 44.2 Å². The zero-order valence-corrected chi connectivity index (χ0v) is 14.5. The quantitative estimate of drug-likeness (QED) is 0.763. The molecule has 1 aliphatic rings. The highest BCUT2D eigenvalue weighted by Gasteiger charge is 2.23. The number of piperidine rings is 1. The number of thiazole rings is 1. The van der Waals surface area contributed by atoms with E-state index in [4.69, 9.17) is 0 Å². The highest BCUT2D eigenvalue weighted by Crippen LogP contribution is 2.23. The van der Waals surface area contributed by atoms with E-state index in [2.05, 4.69) is 35.8 Å². The summed E-state index contributed by atoms with van der Waals surface area (Å²) >= 11 is 1.71. The minimum absolute atomic E-state index is 0.614. The second-order valence-corrected chi connectivity index (χ2v) is 7.32. The summed E-state index contributed by atoms with van der Waals surface area (Å²) in [6.07, 6.45) is 7.85. The lowest BCUT2D eigenvalue weighted by molar-refractivity contribution is 0.389. The number of nitrogens with zero attached hydrogens (tertiary/aromatic N) is 6. The summed E-state index contributed by atoms with van der Waals surface area (Å²) in [5, 5.41) is 15.0. The van der Waals surface area contributed by atoms with E-state index in [0.29, 0.717) is 5.92 Å². The molecular weight excluding hydrogens is 322 g/mol. The number of hydrogen-bond donors (Lipinski definition) is 1. The molecular formula is C16H21N7S. The van der Waals surface area contributed by atoms with Crippen LogP contribution in [0.1, 0.15) is 23.5 Å². The van der Waals surface area contributed by atoms with E-state index in [1.165, 1.54) is 12.8 Å². The molecule has 0 aromatic carbocycles. The molecule has 0 radical (unpaired) electrons. The third-order valence-electron chi connectivity index (χ3n) is 4.42. The Morgan fingerprint density at radius 3 is 3.25 bits per heavy atom. The molecule has 24 heavy (non-hydrogen) atoms. The molecule has 0 spiro atoms. The SMILES string of the molecule is Cc1nc(CNC[C@@H]2CCCN(c3nccn4cnnc34)C2)cs1. The molecule has 1 aliphatic heterocycles. The number of anilines is 1. The molecule has 126 valence electrons. The Hall–Kier alpha value is -2.06. The van der Waals surface area contributed by atoms with Crippen molar-refractivity contribution in [1.29, 1.82) is 0 Å². The van der Waals surface area contributed by atoms with Gasteiger partial charge in [-0.1, -0.05) is 0 Å². The average molecular weight is 343 g/mol. The fraction of sp³-hybridized carbons (Fsp3) is 0.500. The predicted molar refractivity (Wildman–Crippen MR) is 94.3 cm³/mol. The molecule has 0 bridgehead atoms. The molecule has 1 atom stereocenters. The molecule has 0 amide bonds. The van der Waals surface area contributed by atoms with E-state index in [1.807, 2.05) is 23.7 Å². The zero-order valence-electron chi connectivity index (χ0n) is 13.7. The van der Waals surface area contributed by atoms with Crippen LogP contribution in [0.25, 0.3) is 5.65 Å². The molecule has 1 N–H and O–H groups in total. The Bertz CT molecular complexity index is 811. The number of rotatable bonds is 5. The molecule has 1 fully saturated rings. The molecule has 4 heterocycles. The van der Waals surface area contributed by atoms with Crippen molar-refractivity contribution in [1.82, 2.24) is 29.9 Å². The molecule has 3 aromatic heterocycles. The van der Waals surface area contributed by atoms with Crippen molar-refractivity contribution in [3.8, 4) is 0 Å². The number of nitrogens with one attached hydrogen (secondary N) is 1. The number of aromatic nitrogens is 5. The summed E-state index contributed by atoms with van der Waals surface area (Å²) in [5.74, 6) is 1.55. The number of aryl methyl sites for hydroxylation is 1. The Morgan fingerprint density at radius 1 is 1.42 bits per heavy atom. The van der Waals surface area contributed by atoms with E-state index >= 15 is 0 Å². The fourth-order valence-electron chi connectivity index (χ4n) is 3.29. The van der Waals surface area contributed by atoms with Crippen LogP contribution in [0.5, 0.6) is 0 Å². The Labute approximate surface area is 144 Å². The van der Waals surface area contributed by atoms with Crippen LogP contribution in [0, 0.1) is 12.8 Å². The van der Waals surface area contributed by atoms with Gasteiger partial charge in [0.05, 0.1) is 10.7 Å². The smallest absolute Gasteiger partial charge is 0.203 e. The fourth-order valence-corrected chi connectivity index (χ4v) is 3.90. The first-order chi connectivity index (χ1) is 11.8. The van der Waals surface area contributed by atoms with Crippen LogP contribution in [0.4, 0.5) is 5.82 Å². The second-order valence-electron chi connectivity index (χ2n) is 6.26. The van der Waals surface area contributed by atoms with Crippen LogP contribution in [0.3, 0.4) is 0 Å². The first kappa shape index (κ1) is 15.5. The average Bonchev–Trinajstić information content (AvgIpc) is 3.23. The van der Waals surface area contributed by atoms with Crippen molar-refractivity contribution in [2.75, 3.05) is 24.5 Å². The van der Waals surface area contributed by atoms with Gasteiger partial charge in [-0.3, -0.25) is 4.40 Å². The Morgan fingerprint density at radius 2 is 2.38 bits per heavy atom. The highest BCUT2D eigenvalue weighted by molar-refractivity contribution is 7.09. The van der Waals surface area contributed by atoms with Crippen molar-refractivity contribution in [3.05, 3.63) is 34.8 Å². The minimum atomic E-state index is 0.614. The lowest BCUT2D eigenvalue weighted by Crippen LogP contribution is -2.40. The molecule has 0 unspecified atom stereocenters. The maximum Gasteiger partial charge on any atom is 0.203 e. The van der Waals surface area contributed by atoms with Gasteiger partial charge in [0.15, 0.2) is 5.82 Å². The molecule has 3 aromatic rings.